The van der Waals surface area contributed by atoms with Gasteiger partial charge in [0.2, 0.25) is 0 Å². The van der Waals surface area contributed by atoms with Crippen molar-refractivity contribution in [3.8, 4) is 5.95 Å². The summed E-state index contributed by atoms with van der Waals surface area (Å²) in [7, 11) is -2.27. The van der Waals surface area contributed by atoms with Gasteiger partial charge in [-0.1, -0.05) is 11.1 Å². The second-order valence-electron chi connectivity index (χ2n) is 8.60. The maximum absolute atomic E-state index is 13.0. The standard InChI is InChI=1S/C22H27F3N3O2S.CH4O3S/c1-15-6-5-9-28(19(15)13-31-14-21(2,3)30-11-10-29-4)20-26-17-8-7-16(22(23,24)25)12-18(17)27-20;1-5(2,3)4/h5-9,12H,10-11,13-14H2,1-4H3,(H,26,27);1H3,(H,2,3,4)/q+1;/p-1. The van der Waals surface area contributed by atoms with Crippen LogP contribution in [0.25, 0.3) is 17.0 Å². The molecule has 0 aliphatic carbocycles. The number of nitrogens with one attached hydrogen (secondary N) is 1. The zero-order valence-corrected chi connectivity index (χ0v) is 22.3. The van der Waals surface area contributed by atoms with Gasteiger partial charge in [-0.3, -0.25) is 0 Å². The fraction of sp³-hybridized carbons (Fsp3) is 0.478. The Morgan fingerprint density at radius 3 is 2.47 bits per heavy atom. The Morgan fingerprint density at radius 2 is 1.86 bits per heavy atom. The Labute approximate surface area is 213 Å². The zero-order chi connectivity index (χ0) is 27.1. The summed E-state index contributed by atoms with van der Waals surface area (Å²) < 4.78 is 79.1. The van der Waals surface area contributed by atoms with Crippen molar-refractivity contribution in [2.24, 2.45) is 0 Å². The topological polar surface area (TPSA) is 108 Å². The van der Waals surface area contributed by atoms with E-state index in [0.717, 1.165) is 29.1 Å². The Kier molecular flexibility index (Phi) is 10.3. The van der Waals surface area contributed by atoms with Gasteiger partial charge in [-0.25, -0.2) is 18.0 Å². The van der Waals surface area contributed by atoms with E-state index in [1.54, 1.807) is 18.9 Å². The lowest BCUT2D eigenvalue weighted by atomic mass is 10.2. The molecule has 36 heavy (non-hydrogen) atoms. The first-order valence-corrected chi connectivity index (χ1v) is 13.8. The van der Waals surface area contributed by atoms with E-state index >= 15 is 0 Å². The molecule has 0 bridgehead atoms. The number of pyridine rings is 1. The number of alkyl halides is 3. The normalized spacial score (nSPS) is 12.5. The molecule has 8 nitrogen and oxygen atoms in total. The lowest BCUT2D eigenvalue weighted by Crippen LogP contribution is -2.37. The molecule has 1 N–H and O–H groups in total. The summed E-state index contributed by atoms with van der Waals surface area (Å²) in [6, 6.07) is 7.46. The number of rotatable bonds is 9. The highest BCUT2D eigenvalue weighted by Crippen LogP contribution is 2.31. The number of halogens is 3. The van der Waals surface area contributed by atoms with Crippen molar-refractivity contribution >= 4 is 32.9 Å². The van der Waals surface area contributed by atoms with Crippen LogP contribution in [0.2, 0.25) is 0 Å². The molecule has 1 aromatic carbocycles. The number of aryl methyl sites for hydroxylation is 1. The number of H-pyrrole nitrogens is 1. The highest BCUT2D eigenvalue weighted by molar-refractivity contribution is 7.98. The maximum Gasteiger partial charge on any atom is 0.416 e. The molecule has 0 aliphatic rings. The lowest BCUT2D eigenvalue weighted by molar-refractivity contribution is -0.610. The fourth-order valence-corrected chi connectivity index (χ4v) is 4.39. The first-order valence-electron chi connectivity index (χ1n) is 10.8. The summed E-state index contributed by atoms with van der Waals surface area (Å²) in [4.78, 5) is 7.56. The van der Waals surface area contributed by atoms with Crippen molar-refractivity contribution in [2.45, 2.75) is 38.3 Å². The number of hydrogen-bond acceptors (Lipinski definition) is 7. The SMILES string of the molecule is COCCOC(C)(C)CSCc1c(C)ccc[n+]1-c1nc2cc(C(F)(F)F)ccc2[nH]1.CS(=O)(=O)[O-]. The minimum absolute atomic E-state index is 0.283. The van der Waals surface area contributed by atoms with Crippen LogP contribution in [0, 0.1) is 6.92 Å². The molecular weight excluding hydrogens is 519 g/mol. The first-order chi connectivity index (χ1) is 16.6. The molecule has 2 heterocycles. The van der Waals surface area contributed by atoms with Crippen LogP contribution in [0.5, 0.6) is 0 Å². The van der Waals surface area contributed by atoms with Gasteiger partial charge < -0.3 is 14.0 Å². The van der Waals surface area contributed by atoms with E-state index < -0.39 is 21.9 Å². The van der Waals surface area contributed by atoms with Crippen LogP contribution in [-0.2, 0) is 31.5 Å². The number of hydrogen-bond donors (Lipinski definition) is 1. The minimum atomic E-state index is -4.40. The third-order valence-electron chi connectivity index (χ3n) is 4.82. The Balaban J connectivity index is 0.000000830. The van der Waals surface area contributed by atoms with Gasteiger partial charge in [0, 0.05) is 24.9 Å². The molecule has 0 unspecified atom stereocenters. The highest BCUT2D eigenvalue weighted by atomic mass is 32.2. The number of benzene rings is 1. The number of thioether (sulfide) groups is 1. The predicted octanol–water partition coefficient (Wildman–Crippen LogP) is 4.00. The van der Waals surface area contributed by atoms with E-state index in [9.17, 15) is 13.2 Å². The third kappa shape index (κ3) is 9.69. The first kappa shape index (κ1) is 30.0. The molecule has 0 atom stereocenters. The van der Waals surface area contributed by atoms with Crippen molar-refractivity contribution in [1.82, 2.24) is 9.97 Å². The number of aromatic amines is 1. The molecule has 3 aromatic rings. The molecule has 0 fully saturated rings. The molecule has 0 saturated carbocycles. The summed E-state index contributed by atoms with van der Waals surface area (Å²) >= 11 is 1.73. The van der Waals surface area contributed by atoms with Crippen LogP contribution in [0.15, 0.2) is 36.5 Å². The number of nitrogens with zero attached hydrogens (tertiary/aromatic N) is 2. The van der Waals surface area contributed by atoms with E-state index in [4.69, 9.17) is 22.4 Å². The number of fused-ring (bicyclic) bond motifs is 1. The van der Waals surface area contributed by atoms with Crippen molar-refractivity contribution in [2.75, 3.05) is 32.3 Å². The van der Waals surface area contributed by atoms with E-state index in [0.29, 0.717) is 36.7 Å². The molecule has 13 heteroatoms. The van der Waals surface area contributed by atoms with Gasteiger partial charge in [0.25, 0.3) is 0 Å². The highest BCUT2D eigenvalue weighted by Gasteiger charge is 2.32. The van der Waals surface area contributed by atoms with Gasteiger partial charge in [0.1, 0.15) is 5.52 Å². The molecule has 0 aliphatic heterocycles. The number of aromatic nitrogens is 3. The zero-order valence-electron chi connectivity index (χ0n) is 20.7. The van der Waals surface area contributed by atoms with Gasteiger partial charge in [-0.15, -0.1) is 0 Å². The van der Waals surface area contributed by atoms with Gasteiger partial charge in [-0.05, 0) is 50.6 Å². The molecule has 0 saturated heterocycles. The van der Waals surface area contributed by atoms with Crippen molar-refractivity contribution in [3.05, 3.63) is 53.3 Å². The molecular formula is C23H30F3N3O5S2. The molecule has 3 rings (SSSR count). The molecule has 0 radical (unpaired) electrons. The van der Waals surface area contributed by atoms with Crippen LogP contribution >= 0.6 is 11.8 Å². The molecule has 0 amide bonds. The average Bonchev–Trinajstić information content (AvgIpc) is 3.16. The predicted molar refractivity (Wildman–Crippen MR) is 131 cm³/mol. The van der Waals surface area contributed by atoms with Crippen LogP contribution in [0.3, 0.4) is 0 Å². The monoisotopic (exact) mass is 549 g/mol. The van der Waals surface area contributed by atoms with Gasteiger partial charge in [0.05, 0.1) is 46.4 Å². The lowest BCUT2D eigenvalue weighted by Gasteiger charge is -2.25. The number of imidazole rings is 1. The van der Waals surface area contributed by atoms with Gasteiger partial charge in [0.15, 0.2) is 5.52 Å². The van der Waals surface area contributed by atoms with E-state index in [1.165, 1.54) is 6.07 Å². The van der Waals surface area contributed by atoms with E-state index in [2.05, 4.69) is 9.97 Å². The van der Waals surface area contributed by atoms with Crippen molar-refractivity contribution in [1.29, 1.82) is 0 Å². The second-order valence-corrected chi connectivity index (χ2v) is 11.0. The number of ether oxygens (including phenoxy) is 2. The Bertz CT molecular complexity index is 1250. The maximum atomic E-state index is 13.0. The van der Waals surface area contributed by atoms with Gasteiger partial charge >= 0.3 is 12.1 Å². The Morgan fingerprint density at radius 1 is 1.19 bits per heavy atom. The van der Waals surface area contributed by atoms with E-state index in [-0.39, 0.29) is 11.1 Å². The van der Waals surface area contributed by atoms with Crippen LogP contribution in [-0.4, -0.2) is 60.9 Å². The molecule has 2 aromatic heterocycles. The number of methoxy groups -OCH3 is 1. The van der Waals surface area contributed by atoms with E-state index in [1.807, 2.05) is 43.7 Å². The smallest absolute Gasteiger partial charge is 0.416 e. The summed E-state index contributed by atoms with van der Waals surface area (Å²) in [6.07, 6.45) is -1.93. The minimum Gasteiger partial charge on any atom is -0.748 e. The summed E-state index contributed by atoms with van der Waals surface area (Å²) in [5.74, 6) is 1.97. The van der Waals surface area contributed by atoms with Crippen molar-refractivity contribution < 1.29 is 40.2 Å². The summed E-state index contributed by atoms with van der Waals surface area (Å²) in [5, 5.41) is 0. The average molecular weight is 550 g/mol. The largest absolute Gasteiger partial charge is 0.748 e. The summed E-state index contributed by atoms with van der Waals surface area (Å²) in [6.45, 7) is 7.18. The molecule has 200 valence electrons. The van der Waals surface area contributed by atoms with Crippen molar-refractivity contribution in [3.63, 3.8) is 0 Å². The van der Waals surface area contributed by atoms with Crippen LogP contribution in [0.1, 0.15) is 30.7 Å². The summed E-state index contributed by atoms with van der Waals surface area (Å²) in [5.41, 5.74) is 1.93. The fourth-order valence-electron chi connectivity index (χ4n) is 3.15. The van der Waals surface area contributed by atoms with Crippen LogP contribution in [0.4, 0.5) is 13.2 Å². The molecule has 0 spiro atoms. The van der Waals surface area contributed by atoms with Gasteiger partial charge in [-0.2, -0.15) is 24.9 Å². The Hall–Kier alpha value is -2.19. The second kappa shape index (κ2) is 12.4. The quantitative estimate of drug-likeness (QED) is 0.244. The third-order valence-corrected chi connectivity index (χ3v) is 6.20. The van der Waals surface area contributed by atoms with Crippen LogP contribution < -0.4 is 4.57 Å².